The Hall–Kier alpha value is -2.18. The van der Waals surface area contributed by atoms with Gasteiger partial charge in [0.1, 0.15) is 5.75 Å². The second-order valence-electron chi connectivity index (χ2n) is 4.76. The van der Waals surface area contributed by atoms with E-state index in [-0.39, 0.29) is 5.69 Å². The minimum Gasteiger partial charge on any atom is -0.422 e. The van der Waals surface area contributed by atoms with Crippen LogP contribution in [0.15, 0.2) is 53.0 Å². The van der Waals surface area contributed by atoms with E-state index in [0.717, 1.165) is 10.2 Å². The first-order chi connectivity index (χ1) is 11.0. The van der Waals surface area contributed by atoms with E-state index in [2.05, 4.69) is 26.2 Å². The summed E-state index contributed by atoms with van der Waals surface area (Å²) < 4.78 is 7.83. The van der Waals surface area contributed by atoms with Crippen LogP contribution in [0.1, 0.15) is 16.2 Å². The second kappa shape index (κ2) is 6.52. The minimum absolute atomic E-state index is 0.169. The Morgan fingerprint density at radius 1 is 1.13 bits per heavy atom. The Balaban J connectivity index is 1.85. The standard InChI is InChI=1S/C16H11BrClN3O2/c1-10-15(16(22)23-14-8-4-12(18)5-9-14)19-20-21(10)13-6-2-11(17)3-7-13/h2-9H,1H3. The van der Waals surface area contributed by atoms with Gasteiger partial charge in [0.15, 0.2) is 5.69 Å². The topological polar surface area (TPSA) is 57.0 Å². The van der Waals surface area contributed by atoms with Crippen LogP contribution in [0.2, 0.25) is 5.02 Å². The number of carbonyl (C=O) groups excluding carboxylic acids is 1. The van der Waals surface area contributed by atoms with Crippen molar-refractivity contribution in [3.63, 3.8) is 0 Å². The van der Waals surface area contributed by atoms with E-state index in [1.165, 1.54) is 0 Å². The molecule has 2 aromatic carbocycles. The van der Waals surface area contributed by atoms with Crippen molar-refractivity contribution in [3.05, 3.63) is 69.4 Å². The Morgan fingerprint density at radius 3 is 2.43 bits per heavy atom. The van der Waals surface area contributed by atoms with Crippen LogP contribution in [0.25, 0.3) is 5.69 Å². The summed E-state index contributed by atoms with van der Waals surface area (Å²) in [6.45, 7) is 1.76. The van der Waals surface area contributed by atoms with Gasteiger partial charge in [0.2, 0.25) is 0 Å². The van der Waals surface area contributed by atoms with Crippen molar-refractivity contribution in [2.75, 3.05) is 0 Å². The number of hydrogen-bond acceptors (Lipinski definition) is 4. The predicted octanol–water partition coefficient (Wildman–Crippen LogP) is 4.21. The number of ether oxygens (including phenoxy) is 1. The summed E-state index contributed by atoms with van der Waals surface area (Å²) in [6.07, 6.45) is 0. The predicted molar refractivity (Wildman–Crippen MR) is 90.2 cm³/mol. The molecule has 0 N–H and O–H groups in total. The van der Waals surface area contributed by atoms with E-state index >= 15 is 0 Å². The maximum atomic E-state index is 12.2. The zero-order valence-electron chi connectivity index (χ0n) is 12.0. The summed E-state index contributed by atoms with van der Waals surface area (Å²) in [5.74, 6) is -0.162. The Morgan fingerprint density at radius 2 is 1.78 bits per heavy atom. The fraction of sp³-hybridized carbons (Fsp3) is 0.0625. The van der Waals surface area contributed by atoms with Crippen molar-refractivity contribution >= 4 is 33.5 Å². The molecule has 0 radical (unpaired) electrons. The van der Waals surface area contributed by atoms with Gasteiger partial charge >= 0.3 is 5.97 Å². The zero-order valence-corrected chi connectivity index (χ0v) is 14.4. The van der Waals surface area contributed by atoms with Gasteiger partial charge in [0.25, 0.3) is 0 Å². The summed E-state index contributed by atoms with van der Waals surface area (Å²) in [7, 11) is 0. The molecule has 0 aliphatic carbocycles. The molecule has 5 nitrogen and oxygen atoms in total. The molecule has 0 atom stereocenters. The third-order valence-electron chi connectivity index (χ3n) is 3.18. The maximum Gasteiger partial charge on any atom is 0.366 e. The van der Waals surface area contributed by atoms with Gasteiger partial charge in [-0.25, -0.2) is 9.48 Å². The Bertz CT molecular complexity index is 845. The molecule has 23 heavy (non-hydrogen) atoms. The van der Waals surface area contributed by atoms with Gasteiger partial charge in [-0.2, -0.15) is 0 Å². The SMILES string of the molecule is Cc1c(C(=O)Oc2ccc(Cl)cc2)nnn1-c1ccc(Br)cc1. The van der Waals surface area contributed by atoms with Crippen molar-refractivity contribution in [1.82, 2.24) is 15.0 Å². The molecule has 3 aromatic rings. The van der Waals surface area contributed by atoms with Crippen molar-refractivity contribution in [3.8, 4) is 11.4 Å². The molecule has 3 rings (SSSR count). The highest BCUT2D eigenvalue weighted by atomic mass is 79.9. The van der Waals surface area contributed by atoms with Crippen molar-refractivity contribution < 1.29 is 9.53 Å². The molecule has 0 fully saturated rings. The maximum absolute atomic E-state index is 12.2. The quantitative estimate of drug-likeness (QED) is 0.495. The number of benzene rings is 2. The molecule has 0 spiro atoms. The summed E-state index contributed by atoms with van der Waals surface area (Å²) in [5.41, 5.74) is 1.58. The van der Waals surface area contributed by atoms with E-state index < -0.39 is 5.97 Å². The minimum atomic E-state index is -0.562. The number of carbonyl (C=O) groups is 1. The number of halogens is 2. The smallest absolute Gasteiger partial charge is 0.366 e. The normalized spacial score (nSPS) is 10.6. The number of aromatic nitrogens is 3. The molecule has 116 valence electrons. The molecule has 0 aliphatic heterocycles. The Labute approximate surface area is 146 Å². The molecule has 0 unspecified atom stereocenters. The van der Waals surface area contributed by atoms with Crippen molar-refractivity contribution in [1.29, 1.82) is 0 Å². The lowest BCUT2D eigenvalue weighted by Gasteiger charge is -2.04. The van der Waals surface area contributed by atoms with Gasteiger partial charge in [0.05, 0.1) is 11.4 Å². The molecule has 0 saturated heterocycles. The Kier molecular flexibility index (Phi) is 4.45. The summed E-state index contributed by atoms with van der Waals surface area (Å²) in [4.78, 5) is 12.2. The van der Waals surface area contributed by atoms with Crippen molar-refractivity contribution in [2.24, 2.45) is 0 Å². The number of esters is 1. The van der Waals surface area contributed by atoms with Gasteiger partial charge < -0.3 is 4.74 Å². The molecule has 0 saturated carbocycles. The van der Waals surface area contributed by atoms with E-state index in [9.17, 15) is 4.79 Å². The average molecular weight is 393 g/mol. The van der Waals surface area contributed by atoms with Crippen molar-refractivity contribution in [2.45, 2.75) is 6.92 Å². The lowest BCUT2D eigenvalue weighted by molar-refractivity contribution is 0.0727. The largest absolute Gasteiger partial charge is 0.422 e. The van der Waals surface area contributed by atoms with Gasteiger partial charge in [-0.05, 0) is 55.5 Å². The first-order valence-corrected chi connectivity index (χ1v) is 7.87. The molecule has 0 bridgehead atoms. The van der Waals surface area contributed by atoms with Gasteiger partial charge in [-0.15, -0.1) is 5.10 Å². The third-order valence-corrected chi connectivity index (χ3v) is 3.96. The number of rotatable bonds is 3. The highest BCUT2D eigenvalue weighted by molar-refractivity contribution is 9.10. The summed E-state index contributed by atoms with van der Waals surface area (Å²) >= 11 is 9.18. The van der Waals surface area contributed by atoms with Crippen LogP contribution in [0, 0.1) is 6.92 Å². The van der Waals surface area contributed by atoms with E-state index in [1.54, 1.807) is 35.9 Å². The number of hydrogen-bond donors (Lipinski definition) is 0. The molecule has 1 aromatic heterocycles. The highest BCUT2D eigenvalue weighted by Crippen LogP contribution is 2.19. The van der Waals surface area contributed by atoms with Crippen LogP contribution in [0.3, 0.4) is 0 Å². The van der Waals surface area contributed by atoms with Crippen LogP contribution in [0.5, 0.6) is 5.75 Å². The second-order valence-corrected chi connectivity index (χ2v) is 6.11. The fourth-order valence-electron chi connectivity index (χ4n) is 2.00. The fourth-order valence-corrected chi connectivity index (χ4v) is 2.39. The molecule has 0 aliphatic rings. The van der Waals surface area contributed by atoms with Gasteiger partial charge in [-0.1, -0.05) is 32.7 Å². The molecule has 7 heteroatoms. The van der Waals surface area contributed by atoms with E-state index in [1.807, 2.05) is 24.3 Å². The van der Waals surface area contributed by atoms with Gasteiger partial charge in [0, 0.05) is 9.50 Å². The monoisotopic (exact) mass is 391 g/mol. The van der Waals surface area contributed by atoms with Crippen LogP contribution in [0.4, 0.5) is 0 Å². The molecule has 1 heterocycles. The summed E-state index contributed by atoms with van der Waals surface area (Å²) in [6, 6.07) is 14.1. The van der Waals surface area contributed by atoms with E-state index in [4.69, 9.17) is 16.3 Å². The van der Waals surface area contributed by atoms with Crippen LogP contribution in [-0.2, 0) is 0 Å². The lowest BCUT2D eigenvalue weighted by atomic mass is 10.3. The first kappa shape index (κ1) is 15.7. The van der Waals surface area contributed by atoms with Crippen LogP contribution < -0.4 is 4.74 Å². The summed E-state index contributed by atoms with van der Waals surface area (Å²) in [5, 5.41) is 8.52. The van der Waals surface area contributed by atoms with Gasteiger partial charge in [-0.3, -0.25) is 0 Å². The molecule has 0 amide bonds. The zero-order chi connectivity index (χ0) is 16.4. The first-order valence-electron chi connectivity index (χ1n) is 6.70. The lowest BCUT2D eigenvalue weighted by Crippen LogP contribution is -2.11. The number of nitrogens with zero attached hydrogens (tertiary/aromatic N) is 3. The third kappa shape index (κ3) is 3.43. The van der Waals surface area contributed by atoms with E-state index in [0.29, 0.717) is 16.5 Å². The highest BCUT2D eigenvalue weighted by Gasteiger charge is 2.19. The van der Waals surface area contributed by atoms with Crippen LogP contribution in [-0.4, -0.2) is 21.0 Å². The average Bonchev–Trinajstić information content (AvgIpc) is 2.92. The molecular weight excluding hydrogens is 382 g/mol. The van der Waals surface area contributed by atoms with Crippen LogP contribution >= 0.6 is 27.5 Å². The molecular formula is C16H11BrClN3O2.